The van der Waals surface area contributed by atoms with Crippen molar-refractivity contribution in [2.45, 2.75) is 19.4 Å². The van der Waals surface area contributed by atoms with Gasteiger partial charge in [-0.2, -0.15) is 11.8 Å². The minimum absolute atomic E-state index is 0.0362. The number of ether oxygens (including phenoxy) is 1. The molecule has 0 saturated heterocycles. The molecule has 0 aliphatic carbocycles. The van der Waals surface area contributed by atoms with Crippen molar-refractivity contribution in [2.75, 3.05) is 32.1 Å². The van der Waals surface area contributed by atoms with E-state index in [4.69, 9.17) is 4.74 Å². The van der Waals surface area contributed by atoms with Gasteiger partial charge in [0.15, 0.2) is 5.96 Å². The molecule has 2 N–H and O–H groups in total. The first-order valence-electron chi connectivity index (χ1n) is 7.05. The van der Waals surface area contributed by atoms with Gasteiger partial charge in [-0.05, 0) is 24.8 Å². The second-order valence-electron chi connectivity index (χ2n) is 4.48. The average Bonchev–Trinajstić information content (AvgIpc) is 2.49. The lowest BCUT2D eigenvalue weighted by molar-refractivity contribution is 0.199. The minimum Gasteiger partial charge on any atom is -0.489 e. The van der Waals surface area contributed by atoms with Crippen LogP contribution in [0.2, 0.25) is 0 Å². The van der Waals surface area contributed by atoms with Gasteiger partial charge < -0.3 is 15.4 Å². The zero-order valence-electron chi connectivity index (χ0n) is 12.9. The van der Waals surface area contributed by atoms with E-state index in [0.29, 0.717) is 12.3 Å². The molecule has 0 radical (unpaired) electrons. The van der Waals surface area contributed by atoms with E-state index < -0.39 is 0 Å². The summed E-state index contributed by atoms with van der Waals surface area (Å²) < 4.78 is 18.9. The van der Waals surface area contributed by atoms with Crippen molar-refractivity contribution >= 4 is 17.7 Å². The van der Waals surface area contributed by atoms with Gasteiger partial charge in [0.2, 0.25) is 0 Å². The quantitative estimate of drug-likeness (QED) is 0.440. The maximum atomic E-state index is 13.1. The molecule has 0 fully saturated rings. The Morgan fingerprint density at radius 3 is 2.86 bits per heavy atom. The molecular formula is C15H24FN3OS. The zero-order chi connectivity index (χ0) is 15.5. The normalized spacial score (nSPS) is 12.9. The van der Waals surface area contributed by atoms with Gasteiger partial charge in [-0.1, -0.05) is 13.0 Å². The van der Waals surface area contributed by atoms with Crippen LogP contribution in [0.4, 0.5) is 4.39 Å². The third-order valence-electron chi connectivity index (χ3n) is 2.87. The average molecular weight is 313 g/mol. The molecule has 0 bridgehead atoms. The summed E-state index contributed by atoms with van der Waals surface area (Å²) in [5.41, 5.74) is 0. The molecule has 118 valence electrons. The Morgan fingerprint density at radius 1 is 1.43 bits per heavy atom. The molecule has 4 nitrogen and oxygen atoms in total. The van der Waals surface area contributed by atoms with Crippen LogP contribution in [0.15, 0.2) is 29.3 Å². The molecule has 0 saturated carbocycles. The summed E-state index contributed by atoms with van der Waals surface area (Å²) in [7, 11) is 1.74. The molecule has 0 heterocycles. The van der Waals surface area contributed by atoms with Crippen molar-refractivity contribution in [3.63, 3.8) is 0 Å². The van der Waals surface area contributed by atoms with Gasteiger partial charge >= 0.3 is 0 Å². The highest BCUT2D eigenvalue weighted by molar-refractivity contribution is 7.98. The Morgan fingerprint density at radius 2 is 2.24 bits per heavy atom. The number of halogens is 1. The first kappa shape index (κ1) is 17.6. The number of thioether (sulfide) groups is 1. The third kappa shape index (κ3) is 7.22. The van der Waals surface area contributed by atoms with E-state index in [0.717, 1.165) is 24.7 Å². The first-order valence-corrected chi connectivity index (χ1v) is 8.44. The Hall–Kier alpha value is -1.43. The predicted octanol–water partition coefficient (Wildman–Crippen LogP) is 2.51. The SMILES string of the molecule is CCC(CNC(=NC)NCCSC)Oc1cccc(F)c1. The monoisotopic (exact) mass is 313 g/mol. The molecular weight excluding hydrogens is 289 g/mol. The fraction of sp³-hybridized carbons (Fsp3) is 0.533. The van der Waals surface area contributed by atoms with Gasteiger partial charge in [-0.15, -0.1) is 0 Å². The highest BCUT2D eigenvalue weighted by Crippen LogP contribution is 2.14. The van der Waals surface area contributed by atoms with Gasteiger partial charge in [-0.3, -0.25) is 4.99 Å². The van der Waals surface area contributed by atoms with Gasteiger partial charge in [0.1, 0.15) is 17.7 Å². The second kappa shape index (κ2) is 10.3. The molecule has 0 aliphatic heterocycles. The third-order valence-corrected chi connectivity index (χ3v) is 3.49. The van der Waals surface area contributed by atoms with Crippen molar-refractivity contribution in [1.82, 2.24) is 10.6 Å². The van der Waals surface area contributed by atoms with Crippen LogP contribution < -0.4 is 15.4 Å². The summed E-state index contributed by atoms with van der Waals surface area (Å²) in [6, 6.07) is 6.21. The van der Waals surface area contributed by atoms with E-state index >= 15 is 0 Å². The van der Waals surface area contributed by atoms with Crippen LogP contribution in [-0.2, 0) is 0 Å². The summed E-state index contributed by atoms with van der Waals surface area (Å²) in [5.74, 6) is 2.04. The number of aliphatic imine (C=N–C) groups is 1. The van der Waals surface area contributed by atoms with Gasteiger partial charge in [0, 0.05) is 25.4 Å². The van der Waals surface area contributed by atoms with E-state index in [1.807, 2.05) is 6.92 Å². The van der Waals surface area contributed by atoms with Crippen molar-refractivity contribution in [2.24, 2.45) is 4.99 Å². The van der Waals surface area contributed by atoms with E-state index in [2.05, 4.69) is 21.9 Å². The number of guanidine groups is 1. The second-order valence-corrected chi connectivity index (χ2v) is 5.46. The molecule has 0 amide bonds. The minimum atomic E-state index is -0.287. The molecule has 21 heavy (non-hydrogen) atoms. The number of hydrogen-bond acceptors (Lipinski definition) is 3. The lowest BCUT2D eigenvalue weighted by Crippen LogP contribution is -2.43. The highest BCUT2D eigenvalue weighted by atomic mass is 32.2. The maximum Gasteiger partial charge on any atom is 0.191 e. The fourth-order valence-corrected chi connectivity index (χ4v) is 2.01. The van der Waals surface area contributed by atoms with Crippen molar-refractivity contribution in [3.8, 4) is 5.75 Å². The van der Waals surface area contributed by atoms with Gasteiger partial charge in [0.05, 0.1) is 6.54 Å². The van der Waals surface area contributed by atoms with E-state index in [-0.39, 0.29) is 11.9 Å². The van der Waals surface area contributed by atoms with Crippen LogP contribution in [0.25, 0.3) is 0 Å². The number of rotatable bonds is 8. The van der Waals surface area contributed by atoms with Crippen LogP contribution in [0.1, 0.15) is 13.3 Å². The Balaban J connectivity index is 2.42. The topological polar surface area (TPSA) is 45.7 Å². The molecule has 1 aromatic rings. The van der Waals surface area contributed by atoms with Crippen LogP contribution in [-0.4, -0.2) is 44.2 Å². The molecule has 1 rings (SSSR count). The van der Waals surface area contributed by atoms with E-state index in [9.17, 15) is 4.39 Å². The number of benzene rings is 1. The summed E-state index contributed by atoms with van der Waals surface area (Å²) >= 11 is 1.78. The predicted molar refractivity (Wildman–Crippen MR) is 88.9 cm³/mol. The standard InChI is InChI=1S/C15H24FN3OS/c1-4-13(20-14-7-5-6-12(16)10-14)11-19-15(17-2)18-8-9-21-3/h5-7,10,13H,4,8-9,11H2,1-3H3,(H2,17,18,19). The number of nitrogens with zero attached hydrogens (tertiary/aromatic N) is 1. The number of nitrogens with one attached hydrogen (secondary N) is 2. The van der Waals surface area contributed by atoms with Gasteiger partial charge in [0.25, 0.3) is 0 Å². The highest BCUT2D eigenvalue weighted by Gasteiger charge is 2.09. The van der Waals surface area contributed by atoms with Crippen molar-refractivity contribution < 1.29 is 9.13 Å². The fourth-order valence-electron chi connectivity index (χ4n) is 1.70. The summed E-state index contributed by atoms with van der Waals surface area (Å²) in [6.07, 6.45) is 2.86. The Labute approximate surface area is 130 Å². The Bertz CT molecular complexity index is 443. The van der Waals surface area contributed by atoms with E-state index in [1.165, 1.54) is 12.1 Å². The van der Waals surface area contributed by atoms with E-state index in [1.54, 1.807) is 30.9 Å². The van der Waals surface area contributed by atoms with Crippen molar-refractivity contribution in [1.29, 1.82) is 0 Å². The molecule has 6 heteroatoms. The smallest absolute Gasteiger partial charge is 0.191 e. The lowest BCUT2D eigenvalue weighted by atomic mass is 10.2. The molecule has 0 aliphatic rings. The van der Waals surface area contributed by atoms with Crippen LogP contribution >= 0.6 is 11.8 Å². The van der Waals surface area contributed by atoms with Crippen LogP contribution in [0.5, 0.6) is 5.75 Å². The molecule has 1 unspecified atom stereocenters. The summed E-state index contributed by atoms with van der Waals surface area (Å²) in [5, 5.41) is 6.45. The zero-order valence-corrected chi connectivity index (χ0v) is 13.7. The van der Waals surface area contributed by atoms with Crippen LogP contribution in [0, 0.1) is 5.82 Å². The summed E-state index contributed by atoms with van der Waals surface area (Å²) in [6.45, 7) is 3.52. The lowest BCUT2D eigenvalue weighted by Gasteiger charge is -2.20. The van der Waals surface area contributed by atoms with Crippen LogP contribution in [0.3, 0.4) is 0 Å². The molecule has 1 atom stereocenters. The maximum absolute atomic E-state index is 13.1. The Kier molecular flexibility index (Phi) is 8.66. The number of hydrogen-bond donors (Lipinski definition) is 2. The molecule has 0 spiro atoms. The molecule has 1 aromatic carbocycles. The van der Waals surface area contributed by atoms with Gasteiger partial charge in [-0.25, -0.2) is 4.39 Å². The largest absolute Gasteiger partial charge is 0.489 e. The summed E-state index contributed by atoms with van der Waals surface area (Å²) in [4.78, 5) is 4.16. The molecule has 0 aromatic heterocycles. The first-order chi connectivity index (χ1) is 10.2. The van der Waals surface area contributed by atoms with Crippen molar-refractivity contribution in [3.05, 3.63) is 30.1 Å².